The Hall–Kier alpha value is -0.0900. The zero-order valence-electron chi connectivity index (χ0n) is 10.9. The molecular weight excluding hydrogens is 367 g/mol. The minimum absolute atomic E-state index is 0. The van der Waals surface area contributed by atoms with Crippen LogP contribution in [0.1, 0.15) is 19.3 Å². The van der Waals surface area contributed by atoms with Gasteiger partial charge in [-0.2, -0.15) is 0 Å². The Morgan fingerprint density at radius 3 is 2.50 bits per heavy atom. The molecule has 18 heavy (non-hydrogen) atoms. The molecule has 108 valence electrons. The third-order valence-electron chi connectivity index (χ3n) is 2.91. The van der Waals surface area contributed by atoms with Crippen molar-refractivity contribution in [3.05, 3.63) is 0 Å². The lowest BCUT2D eigenvalue weighted by Crippen LogP contribution is -2.35. The van der Waals surface area contributed by atoms with Crippen molar-refractivity contribution in [3.8, 4) is 0 Å². The molecule has 3 N–H and O–H groups in total. The second kappa shape index (κ2) is 8.16. The molecule has 6 nitrogen and oxygen atoms in total. The van der Waals surface area contributed by atoms with Gasteiger partial charge in [0.25, 0.3) is 0 Å². The van der Waals surface area contributed by atoms with E-state index in [2.05, 4.69) is 9.71 Å². The number of hydrogen-bond donors (Lipinski definition) is 2. The lowest BCUT2D eigenvalue weighted by atomic mass is 9.86. The Morgan fingerprint density at radius 2 is 2.06 bits per heavy atom. The van der Waals surface area contributed by atoms with Crippen LogP contribution < -0.4 is 10.5 Å². The van der Waals surface area contributed by atoms with Crippen molar-refractivity contribution in [3.63, 3.8) is 0 Å². The summed E-state index contributed by atoms with van der Waals surface area (Å²) in [7, 11) is 0.327. The minimum atomic E-state index is -3.21. The number of nitrogens with two attached hydrogens (primary N) is 1. The highest BCUT2D eigenvalue weighted by atomic mass is 127. The monoisotopic (exact) mass is 390 g/mol. The van der Waals surface area contributed by atoms with E-state index in [9.17, 15) is 8.42 Å². The average Bonchev–Trinajstić information content (AvgIpc) is 2.14. The molecule has 0 amide bonds. The second-order valence-electron chi connectivity index (χ2n) is 4.60. The first-order chi connectivity index (χ1) is 7.91. The molecular formula is C10H23IN4O2S. The van der Waals surface area contributed by atoms with Crippen LogP contribution in [0.25, 0.3) is 0 Å². The quantitative estimate of drug-likeness (QED) is 0.385. The number of guanidine groups is 1. The van der Waals surface area contributed by atoms with E-state index in [-0.39, 0.29) is 36.3 Å². The summed E-state index contributed by atoms with van der Waals surface area (Å²) < 4.78 is 25.8. The first kappa shape index (κ1) is 17.9. The van der Waals surface area contributed by atoms with Gasteiger partial charge in [0.2, 0.25) is 10.0 Å². The van der Waals surface area contributed by atoms with Gasteiger partial charge in [0.1, 0.15) is 0 Å². The number of nitrogens with one attached hydrogen (secondary N) is 1. The smallest absolute Gasteiger partial charge is 0.213 e. The molecule has 1 aliphatic rings. The third kappa shape index (κ3) is 6.74. The molecule has 0 heterocycles. The zero-order chi connectivity index (χ0) is 12.9. The number of sulfonamides is 1. The zero-order valence-corrected chi connectivity index (χ0v) is 14.1. The maximum atomic E-state index is 11.6. The highest BCUT2D eigenvalue weighted by molar-refractivity contribution is 14.0. The fourth-order valence-corrected chi connectivity index (χ4v) is 2.40. The van der Waals surface area contributed by atoms with Crippen LogP contribution in [0.15, 0.2) is 4.99 Å². The van der Waals surface area contributed by atoms with E-state index in [0.29, 0.717) is 18.4 Å². The summed E-state index contributed by atoms with van der Waals surface area (Å²) in [5, 5.41) is 0. The summed E-state index contributed by atoms with van der Waals surface area (Å²) >= 11 is 0. The lowest BCUT2D eigenvalue weighted by molar-refractivity contribution is 0.316. The number of hydrogen-bond acceptors (Lipinski definition) is 3. The SMILES string of the molecule is CN(C)C(N)=NCCS(=O)(=O)NCC1CCC1.I. The minimum Gasteiger partial charge on any atom is -0.370 e. The van der Waals surface area contributed by atoms with E-state index < -0.39 is 10.0 Å². The van der Waals surface area contributed by atoms with Gasteiger partial charge in [-0.05, 0) is 18.8 Å². The van der Waals surface area contributed by atoms with Crippen molar-refractivity contribution < 1.29 is 8.42 Å². The van der Waals surface area contributed by atoms with Gasteiger partial charge in [0.15, 0.2) is 5.96 Å². The van der Waals surface area contributed by atoms with Gasteiger partial charge in [0, 0.05) is 20.6 Å². The van der Waals surface area contributed by atoms with Gasteiger partial charge in [-0.1, -0.05) is 6.42 Å². The van der Waals surface area contributed by atoms with E-state index >= 15 is 0 Å². The first-order valence-corrected chi connectivity index (χ1v) is 7.50. The Bertz CT molecular complexity index is 366. The van der Waals surface area contributed by atoms with Gasteiger partial charge in [-0.25, -0.2) is 13.1 Å². The van der Waals surface area contributed by atoms with Gasteiger partial charge >= 0.3 is 0 Å². The molecule has 0 atom stereocenters. The molecule has 1 aliphatic carbocycles. The third-order valence-corrected chi connectivity index (χ3v) is 4.24. The Kier molecular flexibility index (Phi) is 8.11. The molecule has 1 fully saturated rings. The Labute approximate surface area is 126 Å². The molecule has 1 rings (SSSR count). The fourth-order valence-electron chi connectivity index (χ4n) is 1.44. The summed E-state index contributed by atoms with van der Waals surface area (Å²) in [6.07, 6.45) is 3.48. The van der Waals surface area contributed by atoms with Crippen LogP contribution in [0.4, 0.5) is 0 Å². The summed E-state index contributed by atoms with van der Waals surface area (Å²) in [6.45, 7) is 0.763. The number of aliphatic imine (C=N–C) groups is 1. The molecule has 0 aromatic heterocycles. The van der Waals surface area contributed by atoms with Crippen molar-refractivity contribution in [1.82, 2.24) is 9.62 Å². The standard InChI is InChI=1S/C10H22N4O2S.HI/c1-14(2)10(11)12-6-7-17(15,16)13-8-9-4-3-5-9;/h9,13H,3-8H2,1-2H3,(H2,11,12);1H. The molecule has 0 saturated heterocycles. The summed E-state index contributed by atoms with van der Waals surface area (Å²) in [5.74, 6) is 0.869. The summed E-state index contributed by atoms with van der Waals surface area (Å²) in [6, 6.07) is 0. The van der Waals surface area contributed by atoms with Gasteiger partial charge in [0.05, 0.1) is 12.3 Å². The molecule has 0 aromatic rings. The topological polar surface area (TPSA) is 87.8 Å². The second-order valence-corrected chi connectivity index (χ2v) is 6.53. The van der Waals surface area contributed by atoms with Crippen molar-refractivity contribution in [1.29, 1.82) is 0 Å². The van der Waals surface area contributed by atoms with Crippen LogP contribution in [0.3, 0.4) is 0 Å². The fraction of sp³-hybridized carbons (Fsp3) is 0.900. The molecule has 0 radical (unpaired) electrons. The normalized spacial score (nSPS) is 16.9. The molecule has 0 aromatic carbocycles. The maximum Gasteiger partial charge on any atom is 0.213 e. The van der Waals surface area contributed by atoms with Crippen LogP contribution in [0.2, 0.25) is 0 Å². The van der Waals surface area contributed by atoms with E-state index in [1.807, 2.05) is 0 Å². The van der Waals surface area contributed by atoms with Crippen LogP contribution >= 0.6 is 24.0 Å². The Balaban J connectivity index is 0.00000289. The average molecular weight is 390 g/mol. The predicted octanol–water partition coefficient (Wildman–Crippen LogP) is 0.200. The highest BCUT2D eigenvalue weighted by Gasteiger charge is 2.19. The Morgan fingerprint density at radius 1 is 1.44 bits per heavy atom. The van der Waals surface area contributed by atoms with E-state index in [4.69, 9.17) is 5.73 Å². The number of halogens is 1. The van der Waals surface area contributed by atoms with Gasteiger partial charge in [-0.15, -0.1) is 24.0 Å². The van der Waals surface area contributed by atoms with E-state index in [0.717, 1.165) is 12.8 Å². The summed E-state index contributed by atoms with van der Waals surface area (Å²) in [4.78, 5) is 5.62. The molecule has 0 bridgehead atoms. The first-order valence-electron chi connectivity index (χ1n) is 5.85. The van der Waals surface area contributed by atoms with Crippen molar-refractivity contribution in [2.75, 3.05) is 32.9 Å². The van der Waals surface area contributed by atoms with Gasteiger partial charge in [-0.3, -0.25) is 4.99 Å². The highest BCUT2D eigenvalue weighted by Crippen LogP contribution is 2.25. The predicted molar refractivity (Wildman–Crippen MR) is 84.7 cm³/mol. The molecule has 8 heteroatoms. The molecule has 0 aliphatic heterocycles. The largest absolute Gasteiger partial charge is 0.370 e. The lowest BCUT2D eigenvalue weighted by Gasteiger charge is -2.25. The van der Waals surface area contributed by atoms with Crippen molar-refractivity contribution in [2.45, 2.75) is 19.3 Å². The van der Waals surface area contributed by atoms with Crippen LogP contribution in [-0.2, 0) is 10.0 Å². The van der Waals surface area contributed by atoms with Crippen molar-refractivity contribution in [2.24, 2.45) is 16.6 Å². The van der Waals surface area contributed by atoms with E-state index in [1.165, 1.54) is 6.42 Å². The van der Waals surface area contributed by atoms with Crippen LogP contribution in [0.5, 0.6) is 0 Å². The van der Waals surface area contributed by atoms with Crippen LogP contribution in [-0.4, -0.2) is 52.2 Å². The molecule has 0 spiro atoms. The number of nitrogens with zero attached hydrogens (tertiary/aromatic N) is 2. The van der Waals surface area contributed by atoms with Crippen LogP contribution in [0, 0.1) is 5.92 Å². The summed E-state index contributed by atoms with van der Waals surface area (Å²) in [5.41, 5.74) is 5.56. The van der Waals surface area contributed by atoms with E-state index in [1.54, 1.807) is 19.0 Å². The van der Waals surface area contributed by atoms with Gasteiger partial charge < -0.3 is 10.6 Å². The maximum absolute atomic E-state index is 11.6. The molecule has 1 saturated carbocycles. The van der Waals surface area contributed by atoms with Crippen molar-refractivity contribution >= 4 is 40.0 Å². The molecule has 0 unspecified atom stereocenters. The number of rotatable bonds is 6.